The lowest BCUT2D eigenvalue weighted by Gasteiger charge is -2.35. The van der Waals surface area contributed by atoms with Crippen LogP contribution in [0.1, 0.15) is 62.8 Å². The molecule has 1 aliphatic rings. The Balaban J connectivity index is 2.13. The van der Waals surface area contributed by atoms with Crippen molar-refractivity contribution in [2.24, 2.45) is 11.8 Å². The zero-order valence-corrected chi connectivity index (χ0v) is 14.2. The van der Waals surface area contributed by atoms with Gasteiger partial charge in [0, 0.05) is 6.04 Å². The molecule has 0 radical (unpaired) electrons. The first-order valence-electron chi connectivity index (χ1n) is 8.10. The van der Waals surface area contributed by atoms with Crippen LogP contribution in [0.15, 0.2) is 18.2 Å². The molecule has 1 fully saturated rings. The van der Waals surface area contributed by atoms with E-state index in [1.54, 1.807) is 0 Å². The number of alkyl halides is 1. The van der Waals surface area contributed by atoms with E-state index >= 15 is 0 Å². The standard InChI is InChI=1S/C18H25ClN2/c1-11-5-7-16(13(3)9-11)21-17-8-6-12(2)10-15(17)20-18(21)14(4)19/h6,8,10-11,13-14,16H,5,7,9H2,1-4H3. The Hall–Kier alpha value is -1.02. The van der Waals surface area contributed by atoms with E-state index in [-0.39, 0.29) is 5.38 Å². The number of benzene rings is 1. The number of rotatable bonds is 2. The molecule has 0 saturated heterocycles. The first kappa shape index (κ1) is 14.9. The van der Waals surface area contributed by atoms with Gasteiger partial charge < -0.3 is 4.57 Å². The summed E-state index contributed by atoms with van der Waals surface area (Å²) in [4.78, 5) is 4.83. The molecule has 4 unspecified atom stereocenters. The second kappa shape index (κ2) is 5.64. The predicted molar refractivity (Wildman–Crippen MR) is 90.0 cm³/mol. The van der Waals surface area contributed by atoms with Crippen LogP contribution in [0, 0.1) is 18.8 Å². The number of aromatic nitrogens is 2. The maximum absolute atomic E-state index is 6.43. The van der Waals surface area contributed by atoms with Crippen LogP contribution in [0.3, 0.4) is 0 Å². The van der Waals surface area contributed by atoms with Gasteiger partial charge in [-0.1, -0.05) is 19.9 Å². The van der Waals surface area contributed by atoms with Gasteiger partial charge in [0.15, 0.2) is 0 Å². The van der Waals surface area contributed by atoms with E-state index in [0.29, 0.717) is 12.0 Å². The minimum Gasteiger partial charge on any atom is -0.323 e. The fraction of sp³-hybridized carbons (Fsp3) is 0.611. The molecule has 1 aromatic carbocycles. The Labute approximate surface area is 132 Å². The van der Waals surface area contributed by atoms with Crippen LogP contribution in [-0.2, 0) is 0 Å². The van der Waals surface area contributed by atoms with Gasteiger partial charge in [0.25, 0.3) is 0 Å². The molecule has 114 valence electrons. The quantitative estimate of drug-likeness (QED) is 0.656. The molecule has 1 heterocycles. The zero-order valence-electron chi connectivity index (χ0n) is 13.4. The van der Waals surface area contributed by atoms with Gasteiger partial charge >= 0.3 is 0 Å². The summed E-state index contributed by atoms with van der Waals surface area (Å²) >= 11 is 6.43. The third-order valence-corrected chi connectivity index (χ3v) is 5.14. The predicted octanol–water partition coefficient (Wildman–Crippen LogP) is 5.64. The van der Waals surface area contributed by atoms with Crippen molar-refractivity contribution < 1.29 is 0 Å². The lowest BCUT2D eigenvalue weighted by molar-refractivity contribution is 0.208. The van der Waals surface area contributed by atoms with E-state index in [9.17, 15) is 0 Å². The Morgan fingerprint density at radius 2 is 2.05 bits per heavy atom. The van der Waals surface area contributed by atoms with Crippen molar-refractivity contribution in [2.75, 3.05) is 0 Å². The molecular formula is C18H25ClN2. The van der Waals surface area contributed by atoms with E-state index in [1.165, 1.54) is 30.3 Å². The molecule has 2 aromatic rings. The number of aryl methyl sites for hydroxylation is 1. The number of hydrogen-bond donors (Lipinski definition) is 0. The largest absolute Gasteiger partial charge is 0.323 e. The Morgan fingerprint density at radius 1 is 1.29 bits per heavy atom. The third kappa shape index (κ3) is 2.70. The van der Waals surface area contributed by atoms with Crippen molar-refractivity contribution in [2.45, 2.75) is 58.4 Å². The fourth-order valence-corrected chi connectivity index (χ4v) is 4.04. The van der Waals surface area contributed by atoms with Crippen molar-refractivity contribution in [3.05, 3.63) is 29.6 Å². The number of hydrogen-bond acceptors (Lipinski definition) is 1. The molecule has 1 aromatic heterocycles. The highest BCUT2D eigenvalue weighted by Gasteiger charge is 2.30. The highest BCUT2D eigenvalue weighted by atomic mass is 35.5. The van der Waals surface area contributed by atoms with Crippen LogP contribution in [0.2, 0.25) is 0 Å². The molecule has 21 heavy (non-hydrogen) atoms. The van der Waals surface area contributed by atoms with E-state index in [0.717, 1.165) is 17.3 Å². The highest BCUT2D eigenvalue weighted by Crippen LogP contribution is 2.40. The third-order valence-electron chi connectivity index (χ3n) is 4.95. The molecule has 2 nitrogen and oxygen atoms in total. The Bertz CT molecular complexity index is 644. The smallest absolute Gasteiger partial charge is 0.127 e. The van der Waals surface area contributed by atoms with Gasteiger partial charge in [-0.2, -0.15) is 0 Å². The summed E-state index contributed by atoms with van der Waals surface area (Å²) < 4.78 is 2.43. The number of imidazole rings is 1. The van der Waals surface area contributed by atoms with Gasteiger partial charge in [-0.05, 0) is 62.6 Å². The SMILES string of the molecule is Cc1ccc2c(c1)nc(C(C)Cl)n2C1CCC(C)CC1C. The molecule has 0 aliphatic heterocycles. The van der Waals surface area contributed by atoms with E-state index in [4.69, 9.17) is 16.6 Å². The van der Waals surface area contributed by atoms with E-state index < -0.39 is 0 Å². The van der Waals surface area contributed by atoms with Gasteiger partial charge in [0.05, 0.1) is 16.4 Å². The molecular weight excluding hydrogens is 280 g/mol. The zero-order chi connectivity index (χ0) is 15.1. The van der Waals surface area contributed by atoms with Gasteiger partial charge in [-0.25, -0.2) is 4.98 Å². The minimum absolute atomic E-state index is 0.0516. The van der Waals surface area contributed by atoms with Gasteiger partial charge in [0.1, 0.15) is 5.82 Å². The lowest BCUT2D eigenvalue weighted by atomic mass is 9.79. The molecule has 0 spiro atoms. The lowest BCUT2D eigenvalue weighted by Crippen LogP contribution is -2.26. The van der Waals surface area contributed by atoms with Gasteiger partial charge in [-0.15, -0.1) is 11.6 Å². The molecule has 0 N–H and O–H groups in total. The molecule has 0 amide bonds. The first-order valence-corrected chi connectivity index (χ1v) is 8.53. The van der Waals surface area contributed by atoms with Crippen molar-refractivity contribution in [3.8, 4) is 0 Å². The summed E-state index contributed by atoms with van der Waals surface area (Å²) in [6.07, 6.45) is 3.83. The highest BCUT2D eigenvalue weighted by molar-refractivity contribution is 6.20. The number of halogens is 1. The molecule has 1 aliphatic carbocycles. The summed E-state index contributed by atoms with van der Waals surface area (Å²) in [6, 6.07) is 7.10. The van der Waals surface area contributed by atoms with Crippen molar-refractivity contribution in [1.82, 2.24) is 9.55 Å². The maximum Gasteiger partial charge on any atom is 0.127 e. The minimum atomic E-state index is -0.0516. The normalized spacial score (nSPS) is 28.0. The van der Waals surface area contributed by atoms with Crippen molar-refractivity contribution in [3.63, 3.8) is 0 Å². The van der Waals surface area contributed by atoms with Crippen LogP contribution in [0.25, 0.3) is 11.0 Å². The molecule has 3 rings (SSSR count). The van der Waals surface area contributed by atoms with Crippen LogP contribution in [0.4, 0.5) is 0 Å². The number of fused-ring (bicyclic) bond motifs is 1. The molecule has 1 saturated carbocycles. The van der Waals surface area contributed by atoms with Crippen molar-refractivity contribution >= 4 is 22.6 Å². The summed E-state index contributed by atoms with van der Waals surface area (Å²) in [5, 5.41) is -0.0516. The first-order chi connectivity index (χ1) is 9.97. The second-order valence-corrected chi connectivity index (χ2v) is 7.57. The molecule has 3 heteroatoms. The summed E-state index contributed by atoms with van der Waals surface area (Å²) in [5.74, 6) is 2.55. The molecule has 4 atom stereocenters. The van der Waals surface area contributed by atoms with Gasteiger partial charge in [0.2, 0.25) is 0 Å². The second-order valence-electron chi connectivity index (χ2n) is 6.91. The number of nitrogens with zero attached hydrogens (tertiary/aromatic N) is 2. The fourth-order valence-electron chi connectivity index (χ4n) is 3.89. The van der Waals surface area contributed by atoms with E-state index in [2.05, 4.69) is 43.5 Å². The Morgan fingerprint density at radius 3 is 2.71 bits per heavy atom. The van der Waals surface area contributed by atoms with Crippen LogP contribution in [0.5, 0.6) is 0 Å². The van der Waals surface area contributed by atoms with Crippen LogP contribution >= 0.6 is 11.6 Å². The monoisotopic (exact) mass is 304 g/mol. The molecule has 0 bridgehead atoms. The average Bonchev–Trinajstić information content (AvgIpc) is 2.77. The summed E-state index contributed by atoms with van der Waals surface area (Å²) in [6.45, 7) is 8.89. The Kier molecular flexibility index (Phi) is 4.00. The average molecular weight is 305 g/mol. The van der Waals surface area contributed by atoms with Crippen molar-refractivity contribution in [1.29, 1.82) is 0 Å². The summed E-state index contributed by atoms with van der Waals surface area (Å²) in [7, 11) is 0. The van der Waals surface area contributed by atoms with E-state index in [1.807, 2.05) is 6.92 Å². The summed E-state index contributed by atoms with van der Waals surface area (Å²) in [5.41, 5.74) is 3.59. The van der Waals surface area contributed by atoms with Crippen LogP contribution < -0.4 is 0 Å². The van der Waals surface area contributed by atoms with Crippen LogP contribution in [-0.4, -0.2) is 9.55 Å². The van der Waals surface area contributed by atoms with Gasteiger partial charge in [-0.3, -0.25) is 0 Å². The maximum atomic E-state index is 6.43. The topological polar surface area (TPSA) is 17.8 Å².